The first-order valence-electron chi connectivity index (χ1n) is 17.9. The van der Waals surface area contributed by atoms with Crippen molar-refractivity contribution < 1.29 is 19.1 Å². The molecule has 0 aliphatic heterocycles. The molecule has 2 aliphatic carbocycles. The molecule has 2 aliphatic rings. The number of para-hydroxylation sites is 1. The van der Waals surface area contributed by atoms with Gasteiger partial charge < -0.3 is 9.47 Å². The fourth-order valence-corrected chi connectivity index (χ4v) is 7.33. The lowest BCUT2D eigenvalue weighted by Gasteiger charge is -2.23. The molecule has 5 heteroatoms. The average molecular weight is 638 g/mol. The maximum absolute atomic E-state index is 12.8. The molecule has 0 saturated heterocycles. The fraction of sp³-hybridized carbons (Fsp3) is 0.524. The van der Waals surface area contributed by atoms with E-state index in [9.17, 15) is 9.59 Å². The number of benzene rings is 3. The lowest BCUT2D eigenvalue weighted by atomic mass is 9.84. The highest BCUT2D eigenvalue weighted by Gasteiger charge is 2.48. The van der Waals surface area contributed by atoms with Gasteiger partial charge >= 0.3 is 5.97 Å². The van der Waals surface area contributed by atoms with Crippen LogP contribution in [-0.4, -0.2) is 36.9 Å². The molecular formula is C42H55NO4. The molecule has 0 aromatic heterocycles. The summed E-state index contributed by atoms with van der Waals surface area (Å²) in [5.74, 6) is 2.60. The van der Waals surface area contributed by atoms with E-state index < -0.39 is 0 Å². The molecule has 0 spiro atoms. The van der Waals surface area contributed by atoms with Gasteiger partial charge in [-0.05, 0) is 103 Å². The van der Waals surface area contributed by atoms with Crippen molar-refractivity contribution in [3.05, 3.63) is 101 Å². The van der Waals surface area contributed by atoms with Gasteiger partial charge in [0.15, 0.2) is 0 Å². The predicted molar refractivity (Wildman–Crippen MR) is 190 cm³/mol. The van der Waals surface area contributed by atoms with E-state index in [1.807, 2.05) is 30.3 Å². The molecule has 0 N–H and O–H groups in total. The summed E-state index contributed by atoms with van der Waals surface area (Å²) in [6, 6.07) is 25.2. The van der Waals surface area contributed by atoms with Gasteiger partial charge in [-0.3, -0.25) is 9.69 Å². The highest BCUT2D eigenvalue weighted by atomic mass is 16.5. The zero-order valence-corrected chi connectivity index (χ0v) is 29.1. The summed E-state index contributed by atoms with van der Waals surface area (Å²) < 4.78 is 11.3. The van der Waals surface area contributed by atoms with Crippen LogP contribution in [0.5, 0.6) is 5.75 Å². The monoisotopic (exact) mass is 637 g/mol. The zero-order valence-electron chi connectivity index (χ0n) is 29.1. The number of ketones is 1. The van der Waals surface area contributed by atoms with Crippen molar-refractivity contribution in [2.75, 3.05) is 20.2 Å². The van der Waals surface area contributed by atoms with E-state index in [2.05, 4.69) is 68.1 Å². The van der Waals surface area contributed by atoms with Crippen molar-refractivity contribution in [3.63, 3.8) is 0 Å². The molecule has 5 nitrogen and oxygen atoms in total. The number of ether oxygens (including phenoxy) is 2. The summed E-state index contributed by atoms with van der Waals surface area (Å²) in [6.07, 6.45) is 11.2. The van der Waals surface area contributed by atoms with E-state index in [1.54, 1.807) is 0 Å². The molecule has 2 unspecified atom stereocenters. The Morgan fingerprint density at radius 2 is 1.53 bits per heavy atom. The van der Waals surface area contributed by atoms with E-state index >= 15 is 0 Å². The fourth-order valence-electron chi connectivity index (χ4n) is 7.33. The Kier molecular flexibility index (Phi) is 12.3. The SMILES string of the molecule is COC(=O)c1ccc(CN(CCCCC(=O)C2CC2C(C)(C)C)CCc2ccccc2OCc2ccc(C3CCCCC3)cc2)cc1. The van der Waals surface area contributed by atoms with Crippen molar-refractivity contribution in [2.24, 2.45) is 17.3 Å². The van der Waals surface area contributed by atoms with Crippen LogP contribution in [0.15, 0.2) is 72.8 Å². The van der Waals surface area contributed by atoms with Crippen LogP contribution in [0.3, 0.4) is 0 Å². The number of nitrogens with zero attached hydrogens (tertiary/aromatic N) is 1. The van der Waals surface area contributed by atoms with Crippen molar-refractivity contribution in [2.45, 2.75) is 104 Å². The summed E-state index contributed by atoms with van der Waals surface area (Å²) in [5.41, 5.74) is 5.81. The zero-order chi connectivity index (χ0) is 33.2. The van der Waals surface area contributed by atoms with Gasteiger partial charge in [-0.1, -0.05) is 94.6 Å². The van der Waals surface area contributed by atoms with Crippen LogP contribution >= 0.6 is 0 Å². The number of methoxy groups -OCH3 is 1. The second kappa shape index (κ2) is 16.6. The molecule has 0 radical (unpaired) electrons. The Labute approximate surface area is 283 Å². The Hall–Kier alpha value is -3.44. The molecule has 2 atom stereocenters. The number of Topliss-reactive ketones (excluding diaryl/α,β-unsaturated/α-hetero) is 1. The summed E-state index contributed by atoms with van der Waals surface area (Å²) in [5, 5.41) is 0. The molecular weight excluding hydrogens is 582 g/mol. The van der Waals surface area contributed by atoms with Crippen LogP contribution in [-0.2, 0) is 29.1 Å². The molecule has 0 heterocycles. The van der Waals surface area contributed by atoms with E-state index in [1.165, 1.54) is 55.9 Å². The molecule has 2 saturated carbocycles. The first-order chi connectivity index (χ1) is 22.7. The van der Waals surface area contributed by atoms with Crippen LogP contribution in [0.1, 0.15) is 117 Å². The number of hydrogen-bond acceptors (Lipinski definition) is 5. The van der Waals surface area contributed by atoms with Gasteiger partial charge in [-0.25, -0.2) is 4.79 Å². The number of unbranched alkanes of at least 4 members (excludes halogenated alkanes) is 1. The Morgan fingerprint density at radius 1 is 0.830 bits per heavy atom. The van der Waals surface area contributed by atoms with Gasteiger partial charge in [0.25, 0.3) is 0 Å². The van der Waals surface area contributed by atoms with Gasteiger partial charge in [0, 0.05) is 25.4 Å². The molecule has 5 rings (SSSR count). The van der Waals surface area contributed by atoms with Gasteiger partial charge in [0.1, 0.15) is 18.1 Å². The summed E-state index contributed by atoms with van der Waals surface area (Å²) >= 11 is 0. The predicted octanol–water partition coefficient (Wildman–Crippen LogP) is 9.57. The molecule has 0 bridgehead atoms. The van der Waals surface area contributed by atoms with E-state index in [-0.39, 0.29) is 17.3 Å². The Bertz CT molecular complexity index is 1430. The Morgan fingerprint density at radius 3 is 2.21 bits per heavy atom. The maximum Gasteiger partial charge on any atom is 0.337 e. The van der Waals surface area contributed by atoms with E-state index in [0.29, 0.717) is 36.2 Å². The van der Waals surface area contributed by atoms with Crippen LogP contribution in [0, 0.1) is 17.3 Å². The third-order valence-corrected chi connectivity index (χ3v) is 10.4. The van der Waals surface area contributed by atoms with Gasteiger partial charge in [0.2, 0.25) is 0 Å². The van der Waals surface area contributed by atoms with Crippen molar-refractivity contribution in [1.29, 1.82) is 0 Å². The standard InChI is InChI=1S/C42H55NO4/c1-42(2,3)38-28-37(38)39(44)15-10-11-26-43(29-31-17-23-36(24-18-31)41(45)46-4)27-25-35-14-8-9-16-40(35)47-30-32-19-21-34(22-20-32)33-12-6-5-7-13-33/h8-9,14,16-24,33,37-38H,5-7,10-13,15,25-30H2,1-4H3. The molecule has 3 aromatic carbocycles. The van der Waals surface area contributed by atoms with Gasteiger partial charge in [-0.2, -0.15) is 0 Å². The average Bonchev–Trinajstić information content (AvgIpc) is 3.91. The summed E-state index contributed by atoms with van der Waals surface area (Å²) in [7, 11) is 1.41. The van der Waals surface area contributed by atoms with Crippen molar-refractivity contribution in [3.8, 4) is 5.75 Å². The largest absolute Gasteiger partial charge is 0.489 e. The number of rotatable bonds is 16. The van der Waals surface area contributed by atoms with Crippen molar-refractivity contribution >= 4 is 11.8 Å². The number of carbonyl (C=O) groups excluding carboxylic acids is 2. The number of carbonyl (C=O) groups is 2. The maximum atomic E-state index is 12.8. The normalized spacial score (nSPS) is 18.2. The highest BCUT2D eigenvalue weighted by molar-refractivity contribution is 5.89. The highest BCUT2D eigenvalue weighted by Crippen LogP contribution is 2.51. The topological polar surface area (TPSA) is 55.8 Å². The van der Waals surface area contributed by atoms with Crippen molar-refractivity contribution in [1.82, 2.24) is 4.90 Å². The molecule has 0 amide bonds. The summed E-state index contributed by atoms with van der Waals surface area (Å²) in [6.45, 7) is 9.87. The molecule has 3 aromatic rings. The van der Waals surface area contributed by atoms with Gasteiger partial charge in [0.05, 0.1) is 12.7 Å². The third-order valence-electron chi connectivity index (χ3n) is 10.4. The van der Waals surface area contributed by atoms with Crippen LogP contribution in [0.2, 0.25) is 0 Å². The molecule has 252 valence electrons. The Balaban J connectivity index is 1.16. The quantitative estimate of drug-likeness (QED) is 0.116. The lowest BCUT2D eigenvalue weighted by molar-refractivity contribution is -0.121. The van der Waals surface area contributed by atoms with Crippen LogP contribution in [0.25, 0.3) is 0 Å². The minimum absolute atomic E-state index is 0.222. The number of esters is 1. The van der Waals surface area contributed by atoms with Crippen LogP contribution < -0.4 is 4.74 Å². The second-order valence-electron chi connectivity index (χ2n) is 14.9. The van der Waals surface area contributed by atoms with E-state index in [4.69, 9.17) is 9.47 Å². The lowest BCUT2D eigenvalue weighted by Crippen LogP contribution is -2.27. The summed E-state index contributed by atoms with van der Waals surface area (Å²) in [4.78, 5) is 27.3. The van der Waals surface area contributed by atoms with Gasteiger partial charge in [-0.15, -0.1) is 0 Å². The first-order valence-corrected chi connectivity index (χ1v) is 17.9. The smallest absolute Gasteiger partial charge is 0.337 e. The molecule has 2 fully saturated rings. The molecule has 47 heavy (non-hydrogen) atoms. The minimum atomic E-state index is -0.320. The van der Waals surface area contributed by atoms with E-state index in [0.717, 1.165) is 56.6 Å². The van der Waals surface area contributed by atoms with Crippen LogP contribution in [0.4, 0.5) is 0 Å². The number of hydrogen-bond donors (Lipinski definition) is 0. The third kappa shape index (κ3) is 10.3. The second-order valence-corrected chi connectivity index (χ2v) is 14.9. The first kappa shape index (κ1) is 34.9. The minimum Gasteiger partial charge on any atom is -0.489 e.